The lowest BCUT2D eigenvalue weighted by Gasteiger charge is -2.07. The van der Waals surface area contributed by atoms with E-state index >= 15 is 0 Å². The minimum atomic E-state index is -0.116. The summed E-state index contributed by atoms with van der Waals surface area (Å²) in [5, 5.41) is 12.9. The van der Waals surface area contributed by atoms with Crippen molar-refractivity contribution < 1.29 is 4.79 Å². The molecule has 0 unspecified atom stereocenters. The maximum atomic E-state index is 12.5. The molecule has 0 saturated carbocycles. The van der Waals surface area contributed by atoms with Crippen LogP contribution in [0.3, 0.4) is 0 Å². The van der Waals surface area contributed by atoms with Crippen LogP contribution in [-0.2, 0) is 11.3 Å². The zero-order chi connectivity index (χ0) is 21.8. The Morgan fingerprint density at radius 1 is 1.10 bits per heavy atom. The Labute approximate surface area is 197 Å². The number of aryl methyl sites for hydroxylation is 1. The number of amides is 1. The molecule has 2 aromatic heterocycles. The van der Waals surface area contributed by atoms with Crippen LogP contribution in [0.5, 0.6) is 0 Å². The van der Waals surface area contributed by atoms with Crippen molar-refractivity contribution in [1.82, 2.24) is 19.7 Å². The predicted molar refractivity (Wildman–Crippen MR) is 130 cm³/mol. The first-order chi connectivity index (χ1) is 15.0. The molecule has 0 aliphatic rings. The average molecular weight is 514 g/mol. The number of aromatic nitrogens is 4. The largest absolute Gasteiger partial charge is 0.302 e. The molecule has 2 aromatic carbocycles. The molecule has 0 aliphatic heterocycles. The number of nitrogens with zero attached hydrogens (tertiary/aromatic N) is 4. The molecule has 0 aliphatic carbocycles. The first-order valence-corrected chi connectivity index (χ1v) is 12.3. The summed E-state index contributed by atoms with van der Waals surface area (Å²) in [6.45, 7) is 4.77. The number of thioether (sulfide) groups is 1. The smallest absolute Gasteiger partial charge is 0.236 e. The summed E-state index contributed by atoms with van der Waals surface area (Å²) in [5.74, 6) is 0.910. The van der Waals surface area contributed by atoms with Crippen molar-refractivity contribution in [2.45, 2.75) is 25.5 Å². The topological polar surface area (TPSA) is 72.7 Å². The number of halogens is 1. The Bertz CT molecular complexity index is 1190. The van der Waals surface area contributed by atoms with Gasteiger partial charge in [-0.3, -0.25) is 4.79 Å². The fourth-order valence-electron chi connectivity index (χ4n) is 3.09. The Hall–Kier alpha value is -2.49. The molecule has 6 nitrogen and oxygen atoms in total. The quantitative estimate of drug-likeness (QED) is 0.312. The van der Waals surface area contributed by atoms with Gasteiger partial charge in [0, 0.05) is 27.0 Å². The van der Waals surface area contributed by atoms with Crippen LogP contribution in [0, 0.1) is 6.92 Å². The second-order valence-electron chi connectivity index (χ2n) is 6.68. The van der Waals surface area contributed by atoms with Gasteiger partial charge in [-0.25, -0.2) is 4.98 Å². The molecule has 4 rings (SSSR count). The Kier molecular flexibility index (Phi) is 6.84. The molecule has 158 valence electrons. The van der Waals surface area contributed by atoms with E-state index in [2.05, 4.69) is 36.4 Å². The lowest BCUT2D eigenvalue weighted by atomic mass is 10.1. The van der Waals surface area contributed by atoms with Crippen molar-refractivity contribution >= 4 is 50.1 Å². The van der Waals surface area contributed by atoms with Gasteiger partial charge in [-0.2, -0.15) is 0 Å². The van der Waals surface area contributed by atoms with Crippen LogP contribution in [0.4, 0.5) is 5.13 Å². The van der Waals surface area contributed by atoms with Gasteiger partial charge in [0.15, 0.2) is 16.1 Å². The van der Waals surface area contributed by atoms with Crippen molar-refractivity contribution in [2.24, 2.45) is 0 Å². The first kappa shape index (κ1) is 21.7. The van der Waals surface area contributed by atoms with Crippen molar-refractivity contribution in [3.05, 3.63) is 63.9 Å². The Morgan fingerprint density at radius 2 is 1.84 bits per heavy atom. The Morgan fingerprint density at radius 3 is 2.55 bits per heavy atom. The molecule has 0 bridgehead atoms. The second kappa shape index (κ2) is 9.76. The lowest BCUT2D eigenvalue weighted by Crippen LogP contribution is -2.14. The molecular formula is C22H20BrN5OS2. The van der Waals surface area contributed by atoms with E-state index in [1.807, 2.05) is 73.0 Å². The molecule has 0 spiro atoms. The van der Waals surface area contributed by atoms with Gasteiger partial charge >= 0.3 is 0 Å². The Balaban J connectivity index is 1.42. The van der Waals surface area contributed by atoms with E-state index in [0.29, 0.717) is 11.7 Å². The summed E-state index contributed by atoms with van der Waals surface area (Å²) < 4.78 is 3.03. The number of hydrogen-bond acceptors (Lipinski definition) is 6. The van der Waals surface area contributed by atoms with Gasteiger partial charge in [-0.1, -0.05) is 70.2 Å². The third kappa shape index (κ3) is 5.06. The predicted octanol–water partition coefficient (Wildman–Crippen LogP) is 5.89. The van der Waals surface area contributed by atoms with Crippen LogP contribution < -0.4 is 5.32 Å². The van der Waals surface area contributed by atoms with Gasteiger partial charge in [-0.05, 0) is 26.0 Å². The standard InChI is InChI=1S/C22H20BrN5OS2/c1-3-28-20(16-9-11-17(23)12-10-16)26-27-22(28)30-13-18(29)24-21-25-19(14(2)31-21)15-7-5-4-6-8-15/h4-12H,3,13H2,1-2H3,(H,24,25,29). The molecule has 0 saturated heterocycles. The van der Waals surface area contributed by atoms with E-state index in [9.17, 15) is 4.79 Å². The van der Waals surface area contributed by atoms with Crippen LogP contribution in [0.25, 0.3) is 22.6 Å². The maximum absolute atomic E-state index is 12.5. The molecule has 31 heavy (non-hydrogen) atoms. The molecule has 0 fully saturated rings. The molecular weight excluding hydrogens is 494 g/mol. The number of hydrogen-bond donors (Lipinski definition) is 1. The monoisotopic (exact) mass is 513 g/mol. The summed E-state index contributed by atoms with van der Waals surface area (Å²) in [6, 6.07) is 17.9. The van der Waals surface area contributed by atoms with Gasteiger partial charge in [0.25, 0.3) is 0 Å². The fraction of sp³-hybridized carbons (Fsp3) is 0.182. The zero-order valence-corrected chi connectivity index (χ0v) is 20.2. The molecule has 0 atom stereocenters. The molecule has 9 heteroatoms. The molecule has 4 aromatic rings. The molecule has 1 amide bonds. The van der Waals surface area contributed by atoms with E-state index < -0.39 is 0 Å². The lowest BCUT2D eigenvalue weighted by molar-refractivity contribution is -0.113. The maximum Gasteiger partial charge on any atom is 0.236 e. The van der Waals surface area contributed by atoms with Crippen molar-refractivity contribution in [3.63, 3.8) is 0 Å². The van der Waals surface area contributed by atoms with E-state index in [-0.39, 0.29) is 11.7 Å². The summed E-state index contributed by atoms with van der Waals surface area (Å²) in [5.41, 5.74) is 2.93. The highest BCUT2D eigenvalue weighted by molar-refractivity contribution is 9.10. The number of carbonyl (C=O) groups is 1. The van der Waals surface area contributed by atoms with E-state index in [0.717, 1.165) is 37.2 Å². The van der Waals surface area contributed by atoms with Crippen LogP contribution in [-0.4, -0.2) is 31.4 Å². The van der Waals surface area contributed by atoms with Crippen LogP contribution in [0.2, 0.25) is 0 Å². The number of benzene rings is 2. The minimum Gasteiger partial charge on any atom is -0.302 e. The third-order valence-corrected chi connectivity index (χ3v) is 6.94. The van der Waals surface area contributed by atoms with E-state index in [4.69, 9.17) is 0 Å². The first-order valence-electron chi connectivity index (χ1n) is 9.69. The van der Waals surface area contributed by atoms with E-state index in [1.165, 1.54) is 23.1 Å². The number of anilines is 1. The minimum absolute atomic E-state index is 0.116. The van der Waals surface area contributed by atoms with Crippen molar-refractivity contribution in [2.75, 3.05) is 11.1 Å². The zero-order valence-electron chi connectivity index (χ0n) is 17.0. The summed E-state index contributed by atoms with van der Waals surface area (Å²) in [4.78, 5) is 18.2. The normalized spacial score (nSPS) is 10.9. The number of rotatable bonds is 7. The highest BCUT2D eigenvalue weighted by Crippen LogP contribution is 2.30. The van der Waals surface area contributed by atoms with Crippen LogP contribution in [0.15, 0.2) is 64.2 Å². The van der Waals surface area contributed by atoms with Crippen molar-refractivity contribution in [1.29, 1.82) is 0 Å². The van der Waals surface area contributed by atoms with Crippen LogP contribution in [0.1, 0.15) is 11.8 Å². The molecule has 0 radical (unpaired) electrons. The molecule has 1 N–H and O–H groups in total. The molecule has 2 heterocycles. The van der Waals surface area contributed by atoms with Gasteiger partial charge < -0.3 is 9.88 Å². The van der Waals surface area contributed by atoms with Gasteiger partial charge in [-0.15, -0.1) is 21.5 Å². The van der Waals surface area contributed by atoms with Crippen molar-refractivity contribution in [3.8, 4) is 22.6 Å². The summed E-state index contributed by atoms with van der Waals surface area (Å²) >= 11 is 6.30. The highest BCUT2D eigenvalue weighted by Gasteiger charge is 2.16. The summed E-state index contributed by atoms with van der Waals surface area (Å²) in [7, 11) is 0. The van der Waals surface area contributed by atoms with Crippen LogP contribution >= 0.6 is 39.0 Å². The van der Waals surface area contributed by atoms with Gasteiger partial charge in [0.05, 0.1) is 11.4 Å². The summed E-state index contributed by atoms with van der Waals surface area (Å²) in [6.07, 6.45) is 0. The van der Waals surface area contributed by atoms with Gasteiger partial charge in [0.1, 0.15) is 0 Å². The third-order valence-electron chi connectivity index (χ3n) is 4.56. The SMILES string of the molecule is CCn1c(SCC(=O)Nc2nc(-c3ccccc3)c(C)s2)nnc1-c1ccc(Br)cc1. The number of carbonyl (C=O) groups excluding carboxylic acids is 1. The number of thiazole rings is 1. The highest BCUT2D eigenvalue weighted by atomic mass is 79.9. The average Bonchev–Trinajstić information content (AvgIpc) is 3.36. The van der Waals surface area contributed by atoms with E-state index in [1.54, 1.807) is 0 Å². The number of nitrogens with one attached hydrogen (secondary N) is 1. The van der Waals surface area contributed by atoms with Gasteiger partial charge in [0.2, 0.25) is 5.91 Å². The fourth-order valence-corrected chi connectivity index (χ4v) is 5.01. The second-order valence-corrected chi connectivity index (χ2v) is 9.75.